The molecule has 0 aliphatic carbocycles. The predicted molar refractivity (Wildman–Crippen MR) is 122 cm³/mol. The van der Waals surface area contributed by atoms with Gasteiger partial charge in [0, 0.05) is 16.8 Å². The molecule has 0 aromatic heterocycles. The Hall–Kier alpha value is -3.13. The zero-order valence-electron chi connectivity index (χ0n) is 17.2. The highest BCUT2D eigenvalue weighted by Crippen LogP contribution is 2.38. The number of fused-ring (bicyclic) bond motifs is 1. The van der Waals surface area contributed by atoms with Crippen LogP contribution in [0.15, 0.2) is 72.8 Å². The third-order valence-corrected chi connectivity index (χ3v) is 5.52. The van der Waals surface area contributed by atoms with Gasteiger partial charge in [0.1, 0.15) is 0 Å². The van der Waals surface area contributed by atoms with Crippen LogP contribution in [0, 0.1) is 6.92 Å². The van der Waals surface area contributed by atoms with E-state index >= 15 is 0 Å². The molecule has 0 saturated carbocycles. The summed E-state index contributed by atoms with van der Waals surface area (Å²) in [6, 6.07) is 24.7. The molecular weight excluding hydrogens is 354 g/mol. The average molecular weight is 382 g/mol. The van der Waals surface area contributed by atoms with E-state index in [1.165, 1.54) is 30.4 Å². The van der Waals surface area contributed by atoms with Crippen LogP contribution < -0.4 is 4.90 Å². The van der Waals surface area contributed by atoms with Gasteiger partial charge in [0.15, 0.2) is 0 Å². The topological polar surface area (TPSA) is 20.3 Å². The highest BCUT2D eigenvalue weighted by Gasteiger charge is 2.32. The first-order valence-corrected chi connectivity index (χ1v) is 10.5. The van der Waals surface area contributed by atoms with E-state index in [1.54, 1.807) is 0 Å². The number of carbonyl (C=O) groups excluding carboxylic acids is 1. The number of carbonyl (C=O) groups is 1. The maximum atomic E-state index is 13.2. The molecule has 0 unspecified atom stereocenters. The van der Waals surface area contributed by atoms with Crippen LogP contribution in [0.25, 0.3) is 11.8 Å². The monoisotopic (exact) mass is 381 g/mol. The molecule has 3 aromatic carbocycles. The van der Waals surface area contributed by atoms with Crippen LogP contribution in [-0.2, 0) is 6.42 Å². The molecule has 0 spiro atoms. The summed E-state index contributed by atoms with van der Waals surface area (Å²) in [6.45, 7) is 4.29. The van der Waals surface area contributed by atoms with E-state index in [2.05, 4.69) is 44.2 Å². The summed E-state index contributed by atoms with van der Waals surface area (Å²) >= 11 is 0. The largest absolute Gasteiger partial charge is 0.276 e. The van der Waals surface area contributed by atoms with Crippen molar-refractivity contribution >= 4 is 23.4 Å². The molecule has 1 amide bonds. The van der Waals surface area contributed by atoms with Crippen LogP contribution in [0.3, 0.4) is 0 Å². The van der Waals surface area contributed by atoms with Crippen molar-refractivity contribution in [2.45, 2.75) is 39.5 Å². The number of hydrogen-bond donors (Lipinski definition) is 0. The second-order valence-corrected chi connectivity index (χ2v) is 7.75. The molecule has 0 bridgehead atoms. The van der Waals surface area contributed by atoms with Gasteiger partial charge in [-0.1, -0.05) is 79.9 Å². The number of anilines is 1. The van der Waals surface area contributed by atoms with E-state index in [-0.39, 0.29) is 5.91 Å². The number of rotatable bonds is 6. The Balaban J connectivity index is 1.70. The van der Waals surface area contributed by atoms with Crippen molar-refractivity contribution in [3.8, 4) is 0 Å². The Morgan fingerprint density at radius 1 is 0.828 bits per heavy atom. The molecule has 2 heteroatoms. The number of aryl methyl sites for hydroxylation is 2. The molecule has 4 rings (SSSR count). The zero-order chi connectivity index (χ0) is 20.2. The first-order valence-electron chi connectivity index (χ1n) is 10.5. The van der Waals surface area contributed by atoms with Crippen molar-refractivity contribution < 1.29 is 4.79 Å². The molecular formula is C27H27NO. The lowest BCUT2D eigenvalue weighted by Crippen LogP contribution is -2.22. The summed E-state index contributed by atoms with van der Waals surface area (Å²) < 4.78 is 0. The van der Waals surface area contributed by atoms with Gasteiger partial charge in [0.25, 0.3) is 5.91 Å². The number of benzene rings is 3. The van der Waals surface area contributed by atoms with Gasteiger partial charge < -0.3 is 0 Å². The van der Waals surface area contributed by atoms with E-state index in [0.29, 0.717) is 0 Å². The minimum absolute atomic E-state index is 0.0342. The van der Waals surface area contributed by atoms with E-state index in [9.17, 15) is 4.79 Å². The van der Waals surface area contributed by atoms with Crippen LogP contribution in [0.4, 0.5) is 5.69 Å². The fourth-order valence-electron chi connectivity index (χ4n) is 3.85. The summed E-state index contributed by atoms with van der Waals surface area (Å²) in [7, 11) is 0. The predicted octanol–water partition coefficient (Wildman–Crippen LogP) is 6.89. The van der Waals surface area contributed by atoms with E-state index < -0.39 is 0 Å². The van der Waals surface area contributed by atoms with Crippen molar-refractivity contribution in [1.29, 1.82) is 0 Å². The maximum absolute atomic E-state index is 13.2. The van der Waals surface area contributed by atoms with Gasteiger partial charge in [-0.15, -0.1) is 0 Å². The molecule has 146 valence electrons. The molecule has 0 N–H and O–H groups in total. The minimum Gasteiger partial charge on any atom is -0.276 e. The van der Waals surface area contributed by atoms with E-state index in [1.807, 2.05) is 53.4 Å². The smallest absolute Gasteiger partial charge is 0.263 e. The summed E-state index contributed by atoms with van der Waals surface area (Å²) in [4.78, 5) is 15.0. The summed E-state index contributed by atoms with van der Waals surface area (Å²) in [5.74, 6) is 0.0342. The first kappa shape index (κ1) is 19.2. The number of hydrogen-bond acceptors (Lipinski definition) is 1. The van der Waals surface area contributed by atoms with Crippen LogP contribution in [0.5, 0.6) is 0 Å². The molecule has 1 heterocycles. The molecule has 0 atom stereocenters. The number of unbranched alkanes of at least 4 members (excludes halogenated alkanes) is 2. The highest BCUT2D eigenvalue weighted by molar-refractivity contribution is 6.24. The lowest BCUT2D eigenvalue weighted by molar-refractivity contribution is 0.101. The lowest BCUT2D eigenvalue weighted by Gasteiger charge is -2.19. The summed E-state index contributed by atoms with van der Waals surface area (Å²) in [6.07, 6.45) is 7.00. The van der Waals surface area contributed by atoms with Gasteiger partial charge in [0.05, 0.1) is 5.70 Å². The second kappa shape index (κ2) is 8.48. The van der Waals surface area contributed by atoms with Gasteiger partial charge >= 0.3 is 0 Å². The molecule has 1 aliphatic rings. The minimum atomic E-state index is 0.0342. The van der Waals surface area contributed by atoms with Crippen molar-refractivity contribution in [2.75, 3.05) is 4.90 Å². The third kappa shape index (κ3) is 4.02. The summed E-state index contributed by atoms with van der Waals surface area (Å²) in [5.41, 5.74) is 7.26. The lowest BCUT2D eigenvalue weighted by atomic mass is 10.0. The standard InChI is InChI=1S/C27H27NO/c1-3-4-5-8-21-13-15-22(16-14-21)19-26-24-9-6-7-10-25(24)27(29)28(26)23-17-11-20(2)12-18-23/h6-7,9-19H,3-5,8H2,1-2H3/b26-19-. The van der Waals surface area contributed by atoms with Crippen molar-refractivity contribution in [1.82, 2.24) is 0 Å². The first-order chi connectivity index (χ1) is 14.2. The van der Waals surface area contributed by atoms with Crippen LogP contribution in [0.2, 0.25) is 0 Å². The Morgan fingerprint density at radius 2 is 1.52 bits per heavy atom. The molecule has 3 aromatic rings. The highest BCUT2D eigenvalue weighted by atomic mass is 16.2. The quantitative estimate of drug-likeness (QED) is 0.426. The van der Waals surface area contributed by atoms with Gasteiger partial charge in [0.2, 0.25) is 0 Å². The number of nitrogens with zero attached hydrogens (tertiary/aromatic N) is 1. The Bertz CT molecular complexity index is 1030. The fraction of sp³-hybridized carbons (Fsp3) is 0.222. The Kier molecular flexibility index (Phi) is 5.62. The van der Waals surface area contributed by atoms with Crippen LogP contribution in [-0.4, -0.2) is 5.91 Å². The van der Waals surface area contributed by atoms with Crippen molar-refractivity contribution in [3.63, 3.8) is 0 Å². The molecule has 0 fully saturated rings. The second-order valence-electron chi connectivity index (χ2n) is 7.75. The molecule has 29 heavy (non-hydrogen) atoms. The fourth-order valence-corrected chi connectivity index (χ4v) is 3.85. The van der Waals surface area contributed by atoms with Gasteiger partial charge in [-0.3, -0.25) is 9.69 Å². The van der Waals surface area contributed by atoms with Gasteiger partial charge in [-0.05, 0) is 55.2 Å². The van der Waals surface area contributed by atoms with Crippen molar-refractivity contribution in [2.24, 2.45) is 0 Å². The van der Waals surface area contributed by atoms with Crippen LogP contribution in [0.1, 0.15) is 58.8 Å². The van der Waals surface area contributed by atoms with Gasteiger partial charge in [-0.25, -0.2) is 0 Å². The van der Waals surface area contributed by atoms with Crippen molar-refractivity contribution in [3.05, 3.63) is 101 Å². The van der Waals surface area contributed by atoms with E-state index in [4.69, 9.17) is 0 Å². The Labute approximate surface area is 173 Å². The molecule has 2 nitrogen and oxygen atoms in total. The zero-order valence-corrected chi connectivity index (χ0v) is 17.2. The molecule has 1 aliphatic heterocycles. The summed E-state index contributed by atoms with van der Waals surface area (Å²) in [5, 5.41) is 0. The Morgan fingerprint density at radius 3 is 2.21 bits per heavy atom. The molecule has 0 saturated heterocycles. The molecule has 0 radical (unpaired) electrons. The van der Waals surface area contributed by atoms with E-state index in [0.717, 1.165) is 34.5 Å². The number of amides is 1. The van der Waals surface area contributed by atoms with Crippen LogP contribution >= 0.6 is 0 Å². The maximum Gasteiger partial charge on any atom is 0.263 e. The SMILES string of the molecule is CCCCCc1ccc(/C=C2/c3ccccc3C(=O)N2c2ccc(C)cc2)cc1. The third-order valence-electron chi connectivity index (χ3n) is 5.52. The normalized spacial score (nSPS) is 14.5. The average Bonchev–Trinajstić information content (AvgIpc) is 3.02. The van der Waals surface area contributed by atoms with Gasteiger partial charge in [-0.2, -0.15) is 0 Å².